The highest BCUT2D eigenvalue weighted by Gasteiger charge is 2.22. The van der Waals surface area contributed by atoms with E-state index in [-0.39, 0.29) is 12.5 Å². The predicted octanol–water partition coefficient (Wildman–Crippen LogP) is 2.41. The molecule has 0 bridgehead atoms. The first-order valence-corrected chi connectivity index (χ1v) is 9.96. The summed E-state index contributed by atoms with van der Waals surface area (Å²) < 4.78 is 30.7. The summed E-state index contributed by atoms with van der Waals surface area (Å²) in [6.45, 7) is 3.94. The van der Waals surface area contributed by atoms with Crippen molar-refractivity contribution in [3.05, 3.63) is 53.5 Å². The average Bonchev–Trinajstić information content (AvgIpc) is 3.04. The number of benzene rings is 1. The third-order valence-corrected chi connectivity index (χ3v) is 4.95. The largest absolute Gasteiger partial charge is 0.469 e. The highest BCUT2D eigenvalue weighted by atomic mass is 32.2. The minimum absolute atomic E-state index is 0.232. The van der Waals surface area contributed by atoms with Crippen LogP contribution in [0.2, 0.25) is 0 Å². The third-order valence-electron chi connectivity index (χ3n) is 3.82. The summed E-state index contributed by atoms with van der Waals surface area (Å²) in [5, 5.41) is 2.76. The summed E-state index contributed by atoms with van der Waals surface area (Å²) in [6, 6.07) is 9.24. The molecule has 1 aromatic heterocycles. The lowest BCUT2D eigenvalue weighted by Crippen LogP contribution is -2.41. The monoisotopic (exact) mass is 364 g/mol. The molecule has 0 radical (unpaired) electrons. The van der Waals surface area contributed by atoms with Gasteiger partial charge in [0, 0.05) is 13.0 Å². The zero-order valence-corrected chi connectivity index (χ0v) is 15.6. The van der Waals surface area contributed by atoms with Crippen molar-refractivity contribution in [2.24, 2.45) is 0 Å². The fourth-order valence-electron chi connectivity index (χ4n) is 2.50. The molecule has 0 saturated heterocycles. The van der Waals surface area contributed by atoms with E-state index in [4.69, 9.17) is 4.42 Å². The van der Waals surface area contributed by atoms with Gasteiger partial charge in [0.1, 0.15) is 12.3 Å². The van der Waals surface area contributed by atoms with Crippen molar-refractivity contribution in [1.29, 1.82) is 0 Å². The first kappa shape index (κ1) is 19.1. The molecule has 0 spiro atoms. The molecular formula is C18H24N2O4S. The van der Waals surface area contributed by atoms with Gasteiger partial charge < -0.3 is 9.73 Å². The van der Waals surface area contributed by atoms with E-state index in [1.165, 1.54) is 0 Å². The van der Waals surface area contributed by atoms with E-state index in [1.54, 1.807) is 12.3 Å². The summed E-state index contributed by atoms with van der Waals surface area (Å²) in [5.74, 6) is 0.535. The maximum Gasteiger partial charge on any atom is 0.240 e. The van der Waals surface area contributed by atoms with Crippen LogP contribution in [0.15, 0.2) is 41.0 Å². The number of sulfonamides is 1. The van der Waals surface area contributed by atoms with E-state index in [2.05, 4.69) is 5.32 Å². The molecule has 0 aliphatic rings. The first-order valence-electron chi connectivity index (χ1n) is 8.11. The number of rotatable bonds is 8. The summed E-state index contributed by atoms with van der Waals surface area (Å²) in [4.78, 5) is 12.2. The summed E-state index contributed by atoms with van der Waals surface area (Å²) in [5.41, 5.74) is 2.28. The van der Waals surface area contributed by atoms with Crippen molar-refractivity contribution in [3.8, 4) is 0 Å². The van der Waals surface area contributed by atoms with Gasteiger partial charge in [-0.05, 0) is 49.6 Å². The Morgan fingerprint density at radius 1 is 1.24 bits per heavy atom. The van der Waals surface area contributed by atoms with Gasteiger partial charge in [0.25, 0.3) is 0 Å². The maximum absolute atomic E-state index is 12.2. The van der Waals surface area contributed by atoms with Crippen molar-refractivity contribution in [2.45, 2.75) is 26.7 Å². The number of anilines is 1. The number of amides is 1. The van der Waals surface area contributed by atoms with Crippen LogP contribution in [0.5, 0.6) is 0 Å². The van der Waals surface area contributed by atoms with Crippen LogP contribution < -0.4 is 9.62 Å². The number of hydrogen-bond donors (Lipinski definition) is 1. The molecule has 2 rings (SSSR count). The summed E-state index contributed by atoms with van der Waals surface area (Å²) >= 11 is 0. The lowest BCUT2D eigenvalue weighted by atomic mass is 10.1. The van der Waals surface area contributed by atoms with Crippen LogP contribution in [-0.4, -0.2) is 33.7 Å². The van der Waals surface area contributed by atoms with Crippen molar-refractivity contribution in [3.63, 3.8) is 0 Å². The maximum atomic E-state index is 12.2. The molecule has 6 nitrogen and oxygen atoms in total. The molecule has 25 heavy (non-hydrogen) atoms. The number of hydrogen-bond acceptors (Lipinski definition) is 4. The highest BCUT2D eigenvalue weighted by molar-refractivity contribution is 7.92. The normalized spacial score (nSPS) is 11.3. The van der Waals surface area contributed by atoms with E-state index in [9.17, 15) is 13.2 Å². The predicted molar refractivity (Wildman–Crippen MR) is 98.1 cm³/mol. The van der Waals surface area contributed by atoms with Crippen molar-refractivity contribution >= 4 is 21.6 Å². The Morgan fingerprint density at radius 2 is 2.00 bits per heavy atom. The molecule has 0 saturated carbocycles. The van der Waals surface area contributed by atoms with Crippen LogP contribution in [0.4, 0.5) is 5.69 Å². The van der Waals surface area contributed by atoms with Crippen LogP contribution >= 0.6 is 0 Å². The number of nitrogens with zero attached hydrogens (tertiary/aromatic N) is 1. The topological polar surface area (TPSA) is 79.6 Å². The van der Waals surface area contributed by atoms with Gasteiger partial charge in [-0.15, -0.1) is 0 Å². The van der Waals surface area contributed by atoms with Crippen LogP contribution in [0.1, 0.15) is 23.3 Å². The molecule has 0 aliphatic carbocycles. The lowest BCUT2D eigenvalue weighted by molar-refractivity contribution is -0.119. The van der Waals surface area contributed by atoms with E-state index in [1.807, 2.05) is 38.1 Å². The van der Waals surface area contributed by atoms with E-state index in [0.29, 0.717) is 12.2 Å². The SMILES string of the molecule is Cc1ccc(C)c(N(CC(=O)NCCCc2ccco2)S(C)(=O)=O)c1. The van der Waals surface area contributed by atoms with Gasteiger partial charge in [0.15, 0.2) is 0 Å². The second-order valence-corrected chi connectivity index (χ2v) is 8.00. The Kier molecular flexibility index (Phi) is 6.25. The number of carbonyl (C=O) groups excluding carboxylic acids is 1. The van der Waals surface area contributed by atoms with Crippen LogP contribution in [0.3, 0.4) is 0 Å². The van der Waals surface area contributed by atoms with Crippen LogP contribution in [0, 0.1) is 13.8 Å². The van der Waals surface area contributed by atoms with Gasteiger partial charge in [0.05, 0.1) is 18.2 Å². The smallest absolute Gasteiger partial charge is 0.240 e. The molecule has 0 unspecified atom stereocenters. The first-order chi connectivity index (χ1) is 11.8. The second kappa shape index (κ2) is 8.20. The second-order valence-electron chi connectivity index (χ2n) is 6.09. The van der Waals surface area contributed by atoms with Gasteiger partial charge in [-0.25, -0.2) is 8.42 Å². The molecule has 0 fully saturated rings. The zero-order valence-electron chi connectivity index (χ0n) is 14.8. The minimum Gasteiger partial charge on any atom is -0.469 e. The fourth-order valence-corrected chi connectivity index (χ4v) is 3.41. The van der Waals surface area contributed by atoms with Crippen molar-refractivity contribution in [2.75, 3.05) is 23.7 Å². The number of carbonyl (C=O) groups is 1. The molecule has 1 amide bonds. The molecule has 2 aromatic rings. The Labute approximate surface area is 148 Å². The minimum atomic E-state index is -3.56. The Morgan fingerprint density at radius 3 is 2.64 bits per heavy atom. The zero-order chi connectivity index (χ0) is 18.4. The molecule has 7 heteroatoms. The van der Waals surface area contributed by atoms with E-state index >= 15 is 0 Å². The Hall–Kier alpha value is -2.28. The molecule has 0 atom stereocenters. The van der Waals surface area contributed by atoms with E-state index in [0.717, 1.165) is 40.3 Å². The molecule has 1 N–H and O–H groups in total. The molecular weight excluding hydrogens is 340 g/mol. The van der Waals surface area contributed by atoms with Crippen molar-refractivity contribution < 1.29 is 17.6 Å². The number of nitrogens with one attached hydrogen (secondary N) is 1. The van der Waals surface area contributed by atoms with Gasteiger partial charge in [0.2, 0.25) is 15.9 Å². The number of furan rings is 1. The van der Waals surface area contributed by atoms with Gasteiger partial charge in [-0.2, -0.15) is 0 Å². The molecule has 136 valence electrons. The molecule has 0 aliphatic heterocycles. The lowest BCUT2D eigenvalue weighted by Gasteiger charge is -2.24. The van der Waals surface area contributed by atoms with E-state index < -0.39 is 10.0 Å². The van der Waals surface area contributed by atoms with Crippen LogP contribution in [0.25, 0.3) is 0 Å². The molecule has 1 heterocycles. The highest BCUT2D eigenvalue weighted by Crippen LogP contribution is 2.23. The average molecular weight is 364 g/mol. The van der Waals surface area contributed by atoms with Gasteiger partial charge >= 0.3 is 0 Å². The van der Waals surface area contributed by atoms with Gasteiger partial charge in [-0.1, -0.05) is 12.1 Å². The standard InChI is InChI=1S/C18H24N2O4S/c1-14-8-9-15(2)17(12-14)20(25(3,22)23)13-18(21)19-10-4-6-16-7-5-11-24-16/h5,7-9,11-12H,4,6,10,13H2,1-3H3,(H,19,21). The third kappa shape index (κ3) is 5.63. The van der Waals surface area contributed by atoms with Crippen LogP contribution in [-0.2, 0) is 21.2 Å². The van der Waals surface area contributed by atoms with Crippen molar-refractivity contribution in [1.82, 2.24) is 5.32 Å². The summed E-state index contributed by atoms with van der Waals surface area (Å²) in [6.07, 6.45) is 4.17. The fraction of sp³-hybridized carbons (Fsp3) is 0.389. The summed E-state index contributed by atoms with van der Waals surface area (Å²) in [7, 11) is -3.56. The van der Waals surface area contributed by atoms with Gasteiger partial charge in [-0.3, -0.25) is 9.10 Å². The molecule has 1 aromatic carbocycles. The Balaban J connectivity index is 1.97. The number of aryl methyl sites for hydroxylation is 3. The Bertz CT molecular complexity index is 814. The quantitative estimate of drug-likeness (QED) is 0.730.